The van der Waals surface area contributed by atoms with Crippen LogP contribution in [0.3, 0.4) is 0 Å². The van der Waals surface area contributed by atoms with Crippen LogP contribution in [0.2, 0.25) is 0 Å². The number of para-hydroxylation sites is 2. The number of nitrogens with one attached hydrogen (secondary N) is 3. The van der Waals surface area contributed by atoms with Crippen molar-refractivity contribution in [3.05, 3.63) is 120 Å². The zero-order valence-electron chi connectivity index (χ0n) is 43.1. The van der Waals surface area contributed by atoms with Crippen LogP contribution in [0.5, 0.6) is 11.5 Å². The Labute approximate surface area is 436 Å². The summed E-state index contributed by atoms with van der Waals surface area (Å²) in [5.74, 6) is -1.28. The first-order valence-corrected chi connectivity index (χ1v) is 27.6. The van der Waals surface area contributed by atoms with Gasteiger partial charge in [-0.05, 0) is 87.6 Å². The Morgan fingerprint density at radius 2 is 1.26 bits per heavy atom. The van der Waals surface area contributed by atoms with Gasteiger partial charge in [-0.3, -0.25) is 19.2 Å². The quantitative estimate of drug-likeness (QED) is 0.0140. The molecule has 2 atom stereocenters. The molecule has 0 saturated heterocycles. The van der Waals surface area contributed by atoms with Crippen molar-refractivity contribution in [1.29, 1.82) is 0 Å². The fourth-order valence-electron chi connectivity index (χ4n) is 6.92. The van der Waals surface area contributed by atoms with E-state index in [-0.39, 0.29) is 78.7 Å². The lowest BCUT2D eigenvalue weighted by atomic mass is 9.86. The molecule has 0 aliphatic carbocycles. The third-order valence-electron chi connectivity index (χ3n) is 10.7. The van der Waals surface area contributed by atoms with E-state index in [0.717, 1.165) is 38.5 Å². The summed E-state index contributed by atoms with van der Waals surface area (Å²) < 4.78 is 17.3. The third kappa shape index (κ3) is 28.6. The summed E-state index contributed by atoms with van der Waals surface area (Å²) in [5, 5.41) is 18.7. The zero-order chi connectivity index (χ0) is 52.8. The number of hydrogen-bond acceptors (Lipinski definition) is 13. The summed E-state index contributed by atoms with van der Waals surface area (Å²) in [4.78, 5) is 78.3. The summed E-state index contributed by atoms with van der Waals surface area (Å²) >= 11 is 0. The molecule has 0 fully saturated rings. The molecule has 72 heavy (non-hydrogen) atoms. The van der Waals surface area contributed by atoms with E-state index in [0.29, 0.717) is 56.3 Å². The molecular formula is C56H80N4O10S2. The number of phenols is 1. The van der Waals surface area contributed by atoms with E-state index in [1.807, 2.05) is 12.2 Å². The molecule has 2 rings (SSSR count). The maximum absolute atomic E-state index is 13.8. The van der Waals surface area contributed by atoms with Crippen LogP contribution in [0.1, 0.15) is 126 Å². The van der Waals surface area contributed by atoms with Crippen molar-refractivity contribution in [2.24, 2.45) is 23.0 Å². The minimum absolute atomic E-state index is 0.000145. The van der Waals surface area contributed by atoms with Gasteiger partial charge in [0.15, 0.2) is 6.10 Å². The second-order valence-corrected chi connectivity index (χ2v) is 20.8. The number of carbonyl (C=O) groups is 6. The molecule has 16 heteroatoms. The molecule has 0 saturated carbocycles. The van der Waals surface area contributed by atoms with Crippen LogP contribution in [0, 0.1) is 17.3 Å². The number of ether oxygens (including phenoxy) is 3. The number of ketones is 1. The number of benzene rings is 2. The molecule has 0 aliphatic rings. The highest BCUT2D eigenvalue weighted by atomic mass is 33.1. The highest BCUT2D eigenvalue weighted by Gasteiger charge is 2.40. The number of hydrogen-bond donors (Lipinski definition) is 5. The molecule has 0 spiro atoms. The summed E-state index contributed by atoms with van der Waals surface area (Å²) in [6, 6.07) is 11.7. The van der Waals surface area contributed by atoms with Gasteiger partial charge >= 0.3 is 11.9 Å². The molecule has 3 amide bonds. The van der Waals surface area contributed by atoms with E-state index in [1.54, 1.807) is 59.7 Å². The first-order valence-electron chi connectivity index (χ1n) is 25.1. The van der Waals surface area contributed by atoms with Crippen LogP contribution in [0.25, 0.3) is 0 Å². The van der Waals surface area contributed by atoms with Gasteiger partial charge in [0, 0.05) is 62.2 Å². The van der Waals surface area contributed by atoms with Gasteiger partial charge < -0.3 is 41.0 Å². The fourth-order valence-corrected chi connectivity index (χ4v) is 8.74. The summed E-state index contributed by atoms with van der Waals surface area (Å²) in [6.07, 6.45) is 26.8. The van der Waals surface area contributed by atoms with E-state index in [9.17, 15) is 33.9 Å². The smallest absolute Gasteiger partial charge is 0.347 e. The summed E-state index contributed by atoms with van der Waals surface area (Å²) in [6.45, 7) is 11.1. The van der Waals surface area contributed by atoms with Gasteiger partial charge in [0.1, 0.15) is 28.4 Å². The number of carbonyl (C=O) groups excluding carboxylic acids is 6. The Kier molecular flexibility index (Phi) is 33.3. The Bertz CT molecular complexity index is 2100. The lowest BCUT2D eigenvalue weighted by Gasteiger charge is -2.32. The maximum Gasteiger partial charge on any atom is 0.347 e. The molecule has 0 aromatic heterocycles. The number of rotatable bonds is 38. The molecular weight excluding hydrogens is 953 g/mol. The standard InChI is InChI=1S/C56H80N4O10S2/c1-6-7-8-9-10-11-12-13-14-15-16-17-18-19-20-21-26-45(61)32-36-68-42-56(4,5)52(70-55(67)47-28-23-25-30-49(47)69-54(66)46-27-22-24-29-48(46)62)53(65)60-33-31-50(63)58-34-37-71-72-38-35-59-51(64)40-44(41-57)39-43(2)3/h7-8,10-11,13-14,16-17,19-20,22-25,27-30,43-44,52,62H,6,9,12,15,18,21,26,31-42,57H2,1-5H3,(H,58,63)(H,59,64)(H,60,65)/b8-7-,11-10-,14-13-,17-16+,20-19+/t44-,52-/m0/s1. The van der Waals surface area contributed by atoms with E-state index >= 15 is 0 Å². The molecule has 0 bridgehead atoms. The third-order valence-corrected chi connectivity index (χ3v) is 13.1. The zero-order valence-corrected chi connectivity index (χ0v) is 44.7. The molecule has 6 N–H and O–H groups in total. The van der Waals surface area contributed by atoms with Gasteiger partial charge in [-0.15, -0.1) is 0 Å². The highest BCUT2D eigenvalue weighted by Crippen LogP contribution is 2.29. The number of amides is 3. The van der Waals surface area contributed by atoms with Crippen LogP contribution in [0.4, 0.5) is 0 Å². The second kappa shape index (κ2) is 38.2. The normalized spacial score (nSPS) is 12.8. The molecule has 396 valence electrons. The van der Waals surface area contributed by atoms with Crippen molar-refractivity contribution < 1.29 is 48.1 Å². The van der Waals surface area contributed by atoms with Crippen molar-refractivity contribution in [2.45, 2.75) is 111 Å². The second-order valence-electron chi connectivity index (χ2n) is 18.1. The largest absolute Gasteiger partial charge is 0.507 e. The fraction of sp³-hybridized carbons (Fsp3) is 0.500. The predicted molar refractivity (Wildman–Crippen MR) is 292 cm³/mol. The number of Topliss-reactive ketones (excluding diaryl/α,β-unsaturated/α-hetero) is 1. The molecule has 0 unspecified atom stereocenters. The van der Waals surface area contributed by atoms with E-state index in [2.05, 4.69) is 85.3 Å². The van der Waals surface area contributed by atoms with Crippen LogP contribution < -0.4 is 26.4 Å². The summed E-state index contributed by atoms with van der Waals surface area (Å²) in [7, 11) is 3.16. The van der Waals surface area contributed by atoms with Gasteiger partial charge in [-0.1, -0.05) is 141 Å². The molecule has 14 nitrogen and oxygen atoms in total. The minimum atomic E-state index is -1.44. The number of aromatic hydroxyl groups is 1. The van der Waals surface area contributed by atoms with E-state index < -0.39 is 29.4 Å². The topological polar surface area (TPSA) is 212 Å². The van der Waals surface area contributed by atoms with E-state index in [1.165, 1.54) is 24.3 Å². The molecule has 0 radical (unpaired) electrons. The van der Waals surface area contributed by atoms with Crippen molar-refractivity contribution >= 4 is 57.0 Å². The number of phenolic OH excluding ortho intramolecular Hbond substituents is 1. The average molecular weight is 1030 g/mol. The summed E-state index contributed by atoms with van der Waals surface area (Å²) in [5.41, 5.74) is 4.43. The van der Waals surface area contributed by atoms with Gasteiger partial charge in [0.2, 0.25) is 11.8 Å². The molecule has 2 aromatic rings. The van der Waals surface area contributed by atoms with Crippen LogP contribution in [-0.2, 0) is 28.7 Å². The highest BCUT2D eigenvalue weighted by molar-refractivity contribution is 8.76. The molecule has 0 heterocycles. The van der Waals surface area contributed by atoms with Crippen molar-refractivity contribution in [3.8, 4) is 11.5 Å². The Morgan fingerprint density at radius 3 is 1.86 bits per heavy atom. The Balaban J connectivity index is 1.90. The maximum atomic E-state index is 13.8. The first kappa shape index (κ1) is 62.7. The number of nitrogens with two attached hydrogens (primary N) is 1. The lowest BCUT2D eigenvalue weighted by Crippen LogP contribution is -2.49. The van der Waals surface area contributed by atoms with Gasteiger partial charge in [0.25, 0.3) is 5.91 Å². The number of allylic oxidation sites excluding steroid dienone is 10. The SMILES string of the molecule is CC/C=C\C/C=C\C/C=C\C/C=C/C/C=C/CCC(=O)CCOCC(C)(C)[C@@H](OC(=O)c1ccccc1OC(=O)c1ccccc1O)C(=O)NCCC(=O)NCCSSCCNC(=O)C[C@@H](CN)CC(C)C. The lowest BCUT2D eigenvalue weighted by molar-refractivity contribution is -0.140. The monoisotopic (exact) mass is 1030 g/mol. The van der Waals surface area contributed by atoms with Gasteiger partial charge in [-0.2, -0.15) is 0 Å². The number of esters is 2. The minimum Gasteiger partial charge on any atom is -0.507 e. The Morgan fingerprint density at radius 1 is 0.694 bits per heavy atom. The van der Waals surface area contributed by atoms with Crippen LogP contribution in [0.15, 0.2) is 109 Å². The van der Waals surface area contributed by atoms with E-state index in [4.69, 9.17) is 19.9 Å². The molecule has 2 aromatic carbocycles. The van der Waals surface area contributed by atoms with Crippen LogP contribution >= 0.6 is 21.6 Å². The predicted octanol–water partition coefficient (Wildman–Crippen LogP) is 9.80. The van der Waals surface area contributed by atoms with Crippen molar-refractivity contribution in [2.75, 3.05) is 50.9 Å². The van der Waals surface area contributed by atoms with Crippen LogP contribution in [-0.4, -0.2) is 97.6 Å². The van der Waals surface area contributed by atoms with Crippen molar-refractivity contribution in [1.82, 2.24) is 16.0 Å². The van der Waals surface area contributed by atoms with Gasteiger partial charge in [-0.25, -0.2) is 9.59 Å². The average Bonchev–Trinajstić information content (AvgIpc) is 3.34. The Hall–Kier alpha value is -5.42. The van der Waals surface area contributed by atoms with Crippen molar-refractivity contribution in [3.63, 3.8) is 0 Å². The first-order chi connectivity index (χ1) is 34.7. The molecule has 0 aliphatic heterocycles. The van der Waals surface area contributed by atoms with Gasteiger partial charge in [0.05, 0.1) is 13.2 Å².